The third kappa shape index (κ3) is 2.07. The van der Waals surface area contributed by atoms with Crippen LogP contribution in [-0.4, -0.2) is 17.4 Å². The number of rotatable bonds is 2. The minimum absolute atomic E-state index is 0.203. The van der Waals surface area contributed by atoms with Crippen LogP contribution in [0.1, 0.15) is 15.5 Å². The average Bonchev–Trinajstić information content (AvgIpc) is 2.47. The van der Waals surface area contributed by atoms with E-state index in [0.29, 0.717) is 5.01 Å². The summed E-state index contributed by atoms with van der Waals surface area (Å²) in [5.41, 5.74) is 0.853. The number of carbonyl (C=O) groups is 1. The van der Waals surface area contributed by atoms with Crippen molar-refractivity contribution in [3.63, 3.8) is 0 Å². The Bertz CT molecular complexity index is 324. The number of nitrogens with zero attached hydrogens (tertiary/aromatic N) is 1. The summed E-state index contributed by atoms with van der Waals surface area (Å²) in [6.07, 6.45) is 4.98. The third-order valence-corrected chi connectivity index (χ3v) is 2.12. The maximum atomic E-state index is 11.2. The van der Waals surface area contributed by atoms with Crippen LogP contribution in [0.4, 0.5) is 0 Å². The Morgan fingerprint density at radius 2 is 2.67 bits per heavy atom. The van der Waals surface area contributed by atoms with Crippen molar-refractivity contribution < 1.29 is 4.79 Å². The average molecular weight is 180 g/mol. The molecule has 0 atom stereocenters. The zero-order chi connectivity index (χ0) is 8.97. The fourth-order valence-electron chi connectivity index (χ4n) is 0.665. The molecular formula is C8H8N2OS. The number of nitrogens with one attached hydrogen (secondary N) is 1. The van der Waals surface area contributed by atoms with Crippen LogP contribution < -0.4 is 5.32 Å². The molecule has 3 nitrogen and oxygen atoms in total. The minimum atomic E-state index is -0.203. The van der Waals surface area contributed by atoms with E-state index in [0.717, 1.165) is 5.69 Å². The smallest absolute Gasteiger partial charge is 0.281 e. The van der Waals surface area contributed by atoms with Gasteiger partial charge in [0.25, 0.3) is 5.91 Å². The van der Waals surface area contributed by atoms with Crippen molar-refractivity contribution in [1.82, 2.24) is 10.3 Å². The van der Waals surface area contributed by atoms with Gasteiger partial charge in [0.1, 0.15) is 0 Å². The molecule has 12 heavy (non-hydrogen) atoms. The minimum Gasteiger partial charge on any atom is -0.339 e. The van der Waals surface area contributed by atoms with Crippen molar-refractivity contribution in [2.75, 3.05) is 6.54 Å². The fourth-order valence-corrected chi connectivity index (χ4v) is 1.38. The molecule has 1 rings (SSSR count). The SMILES string of the molecule is C#CCNC(=O)c1nc(C)cs1. The molecule has 1 aromatic heterocycles. The Balaban J connectivity index is 2.61. The molecule has 0 aromatic carbocycles. The molecule has 0 aliphatic heterocycles. The molecule has 62 valence electrons. The topological polar surface area (TPSA) is 42.0 Å². The van der Waals surface area contributed by atoms with Crippen molar-refractivity contribution in [2.24, 2.45) is 0 Å². The van der Waals surface area contributed by atoms with Gasteiger partial charge in [0.15, 0.2) is 5.01 Å². The fraction of sp³-hybridized carbons (Fsp3) is 0.250. The van der Waals surface area contributed by atoms with Gasteiger partial charge < -0.3 is 5.32 Å². The largest absolute Gasteiger partial charge is 0.339 e. The van der Waals surface area contributed by atoms with Crippen LogP contribution in [-0.2, 0) is 0 Å². The first-order chi connectivity index (χ1) is 5.74. The van der Waals surface area contributed by atoms with Gasteiger partial charge in [-0.1, -0.05) is 5.92 Å². The van der Waals surface area contributed by atoms with Gasteiger partial charge in [-0.2, -0.15) is 0 Å². The number of hydrogen-bond acceptors (Lipinski definition) is 3. The van der Waals surface area contributed by atoms with E-state index in [-0.39, 0.29) is 12.5 Å². The number of amides is 1. The van der Waals surface area contributed by atoms with Gasteiger partial charge in [0, 0.05) is 11.1 Å². The molecule has 4 heteroatoms. The standard InChI is InChI=1S/C8H8N2OS/c1-3-4-9-7(11)8-10-6(2)5-12-8/h1,5H,4H2,2H3,(H,9,11). The number of aromatic nitrogens is 1. The van der Waals surface area contributed by atoms with Crippen LogP contribution >= 0.6 is 11.3 Å². The lowest BCUT2D eigenvalue weighted by Crippen LogP contribution is -2.23. The first-order valence-electron chi connectivity index (χ1n) is 3.38. The molecule has 1 N–H and O–H groups in total. The lowest BCUT2D eigenvalue weighted by Gasteiger charge is -1.94. The summed E-state index contributed by atoms with van der Waals surface area (Å²) in [7, 11) is 0. The van der Waals surface area contributed by atoms with Gasteiger partial charge in [0.05, 0.1) is 6.54 Å². The van der Waals surface area contributed by atoms with Crippen molar-refractivity contribution in [2.45, 2.75) is 6.92 Å². The molecule has 0 saturated carbocycles. The lowest BCUT2D eigenvalue weighted by atomic mass is 10.5. The predicted octanol–water partition coefficient (Wildman–Crippen LogP) is 0.815. The van der Waals surface area contributed by atoms with E-state index < -0.39 is 0 Å². The van der Waals surface area contributed by atoms with Crippen molar-refractivity contribution in [3.8, 4) is 12.3 Å². The van der Waals surface area contributed by atoms with Crippen LogP contribution in [0, 0.1) is 19.3 Å². The van der Waals surface area contributed by atoms with Gasteiger partial charge in [0.2, 0.25) is 0 Å². The van der Waals surface area contributed by atoms with Crippen molar-refractivity contribution >= 4 is 17.2 Å². The van der Waals surface area contributed by atoms with Crippen LogP contribution in [0.2, 0.25) is 0 Å². The molecule has 1 amide bonds. The lowest BCUT2D eigenvalue weighted by molar-refractivity contribution is 0.0958. The molecule has 0 bridgehead atoms. The number of thiazole rings is 1. The molecule has 1 aromatic rings. The number of carbonyl (C=O) groups excluding carboxylic acids is 1. The maximum absolute atomic E-state index is 11.2. The van der Waals surface area contributed by atoms with Crippen LogP contribution in [0.3, 0.4) is 0 Å². The highest BCUT2D eigenvalue weighted by atomic mass is 32.1. The normalized spacial score (nSPS) is 9.00. The predicted molar refractivity (Wildman–Crippen MR) is 48.0 cm³/mol. The van der Waals surface area contributed by atoms with E-state index in [1.807, 2.05) is 12.3 Å². The summed E-state index contributed by atoms with van der Waals surface area (Å²) in [5.74, 6) is 2.12. The molecule has 0 fully saturated rings. The molecule has 0 unspecified atom stereocenters. The van der Waals surface area contributed by atoms with Crippen LogP contribution in [0.25, 0.3) is 0 Å². The second-order valence-corrected chi connectivity index (χ2v) is 3.04. The van der Waals surface area contributed by atoms with Crippen LogP contribution in [0.15, 0.2) is 5.38 Å². The summed E-state index contributed by atoms with van der Waals surface area (Å²) in [6, 6.07) is 0. The monoisotopic (exact) mass is 180 g/mol. The zero-order valence-corrected chi connectivity index (χ0v) is 7.44. The summed E-state index contributed by atoms with van der Waals surface area (Å²) >= 11 is 1.32. The number of terminal acetylenes is 1. The second-order valence-electron chi connectivity index (χ2n) is 2.18. The van der Waals surface area contributed by atoms with Crippen molar-refractivity contribution in [3.05, 3.63) is 16.1 Å². The highest BCUT2D eigenvalue weighted by Gasteiger charge is 2.07. The quantitative estimate of drug-likeness (QED) is 0.684. The summed E-state index contributed by atoms with van der Waals surface area (Å²) < 4.78 is 0. The van der Waals surface area contributed by atoms with E-state index in [1.165, 1.54) is 11.3 Å². The van der Waals surface area contributed by atoms with E-state index in [1.54, 1.807) is 0 Å². The maximum Gasteiger partial charge on any atom is 0.281 e. The van der Waals surface area contributed by atoms with Gasteiger partial charge in [-0.05, 0) is 6.92 Å². The highest BCUT2D eigenvalue weighted by molar-refractivity contribution is 7.11. The molecule has 0 spiro atoms. The molecule has 0 aliphatic rings. The van der Waals surface area contributed by atoms with Gasteiger partial charge in [-0.25, -0.2) is 4.98 Å². The zero-order valence-electron chi connectivity index (χ0n) is 6.63. The van der Waals surface area contributed by atoms with Gasteiger partial charge in [-0.3, -0.25) is 4.79 Å². The summed E-state index contributed by atoms with van der Waals surface area (Å²) in [5, 5.41) is 4.82. The number of aryl methyl sites for hydroxylation is 1. The Morgan fingerprint density at radius 1 is 1.92 bits per heavy atom. The Labute approximate surface area is 74.8 Å². The molecule has 0 saturated heterocycles. The Morgan fingerprint density at radius 3 is 3.17 bits per heavy atom. The highest BCUT2D eigenvalue weighted by Crippen LogP contribution is 2.07. The molecule has 0 radical (unpaired) electrons. The van der Waals surface area contributed by atoms with Gasteiger partial charge >= 0.3 is 0 Å². The Hall–Kier alpha value is -1.34. The Kier molecular flexibility index (Phi) is 2.83. The van der Waals surface area contributed by atoms with E-state index >= 15 is 0 Å². The molecule has 0 aliphatic carbocycles. The first kappa shape index (κ1) is 8.75. The summed E-state index contributed by atoms with van der Waals surface area (Å²) in [6.45, 7) is 2.09. The van der Waals surface area contributed by atoms with E-state index in [9.17, 15) is 4.79 Å². The first-order valence-corrected chi connectivity index (χ1v) is 4.26. The second kappa shape index (κ2) is 3.88. The van der Waals surface area contributed by atoms with Crippen LogP contribution in [0.5, 0.6) is 0 Å². The van der Waals surface area contributed by atoms with E-state index in [2.05, 4.69) is 16.2 Å². The molecular weight excluding hydrogens is 172 g/mol. The third-order valence-electron chi connectivity index (χ3n) is 1.16. The summed E-state index contributed by atoms with van der Waals surface area (Å²) in [4.78, 5) is 15.2. The molecule has 1 heterocycles. The van der Waals surface area contributed by atoms with Crippen molar-refractivity contribution in [1.29, 1.82) is 0 Å². The van der Waals surface area contributed by atoms with E-state index in [4.69, 9.17) is 6.42 Å². The van der Waals surface area contributed by atoms with Gasteiger partial charge in [-0.15, -0.1) is 17.8 Å². The number of hydrogen-bond donors (Lipinski definition) is 1.